The van der Waals surface area contributed by atoms with Crippen LogP contribution in [-0.4, -0.2) is 37.4 Å². The Bertz CT molecular complexity index is 964. The Hall–Kier alpha value is -2.09. The van der Waals surface area contributed by atoms with Crippen molar-refractivity contribution >= 4 is 27.6 Å². The lowest BCUT2D eigenvalue weighted by molar-refractivity contribution is -0.148. The molecule has 1 aliphatic heterocycles. The monoisotopic (exact) mass is 423 g/mol. The first-order valence-corrected chi connectivity index (χ1v) is 10.8. The van der Waals surface area contributed by atoms with Gasteiger partial charge in [0.05, 0.1) is 12.6 Å². The van der Waals surface area contributed by atoms with E-state index in [1.165, 1.54) is 19.1 Å². The molecule has 2 aromatic carbocycles. The van der Waals surface area contributed by atoms with Gasteiger partial charge in [-0.3, -0.25) is 4.79 Å². The van der Waals surface area contributed by atoms with Crippen LogP contribution in [0.3, 0.4) is 0 Å². The molecule has 0 saturated carbocycles. The van der Waals surface area contributed by atoms with Gasteiger partial charge in [-0.1, -0.05) is 41.9 Å². The lowest BCUT2D eigenvalue weighted by Gasteiger charge is -2.33. The van der Waals surface area contributed by atoms with Gasteiger partial charge in [0.1, 0.15) is 22.8 Å². The smallest absolute Gasteiger partial charge is 0.324 e. The summed E-state index contributed by atoms with van der Waals surface area (Å²) >= 11 is 6.06. The lowest BCUT2D eigenvalue weighted by atomic mass is 10.0. The SMILES string of the molecule is CCOC(=O)[C@@H](C)N1[C@@H](C)[C@H](c2ccccc2)Oc2ccc(Cl)cc2S1(=O)=O. The Morgan fingerprint density at radius 1 is 1.25 bits per heavy atom. The molecule has 0 unspecified atom stereocenters. The molecule has 150 valence electrons. The van der Waals surface area contributed by atoms with E-state index < -0.39 is 34.2 Å². The zero-order chi connectivity index (χ0) is 20.5. The number of sulfonamides is 1. The van der Waals surface area contributed by atoms with Gasteiger partial charge in [-0.15, -0.1) is 0 Å². The van der Waals surface area contributed by atoms with Crippen molar-refractivity contribution in [2.75, 3.05) is 6.61 Å². The minimum absolute atomic E-state index is 0.0681. The first-order chi connectivity index (χ1) is 13.3. The van der Waals surface area contributed by atoms with Crippen molar-refractivity contribution in [2.24, 2.45) is 0 Å². The predicted molar refractivity (Wildman–Crippen MR) is 106 cm³/mol. The van der Waals surface area contributed by atoms with E-state index in [4.69, 9.17) is 21.1 Å². The fourth-order valence-electron chi connectivity index (χ4n) is 3.40. The van der Waals surface area contributed by atoms with Crippen molar-refractivity contribution < 1.29 is 22.7 Å². The van der Waals surface area contributed by atoms with Crippen LogP contribution in [0.25, 0.3) is 0 Å². The molecule has 0 aliphatic carbocycles. The molecule has 6 nitrogen and oxygen atoms in total. The first-order valence-electron chi connectivity index (χ1n) is 8.98. The largest absolute Gasteiger partial charge is 0.483 e. The summed E-state index contributed by atoms with van der Waals surface area (Å²) < 4.78 is 39.4. The summed E-state index contributed by atoms with van der Waals surface area (Å²) in [4.78, 5) is 12.3. The molecule has 0 aromatic heterocycles. The van der Waals surface area contributed by atoms with Crippen LogP contribution in [0.4, 0.5) is 0 Å². The zero-order valence-corrected chi connectivity index (χ0v) is 17.4. The van der Waals surface area contributed by atoms with Crippen molar-refractivity contribution in [3.8, 4) is 5.75 Å². The second-order valence-corrected chi connectivity index (χ2v) is 8.79. The van der Waals surface area contributed by atoms with Gasteiger partial charge in [-0.2, -0.15) is 4.31 Å². The average Bonchev–Trinajstić information content (AvgIpc) is 2.75. The summed E-state index contributed by atoms with van der Waals surface area (Å²) in [5.74, 6) is -0.418. The zero-order valence-electron chi connectivity index (χ0n) is 15.8. The molecule has 0 bridgehead atoms. The lowest BCUT2D eigenvalue weighted by Crippen LogP contribution is -2.50. The molecule has 0 fully saturated rings. The standard InChI is InChI=1S/C20H22ClNO5S/c1-4-26-20(23)14(3)22-13(2)19(15-8-6-5-7-9-15)27-17-11-10-16(21)12-18(17)28(22,24)25/h5-14,19H,4H2,1-3H3/t13-,14+,19+/m0/s1. The Kier molecular flexibility index (Phi) is 5.98. The molecule has 1 aliphatic rings. The van der Waals surface area contributed by atoms with Gasteiger partial charge in [0.25, 0.3) is 0 Å². The van der Waals surface area contributed by atoms with E-state index in [2.05, 4.69) is 0 Å². The van der Waals surface area contributed by atoms with Crippen LogP contribution in [0.5, 0.6) is 5.75 Å². The number of nitrogens with zero attached hydrogens (tertiary/aromatic N) is 1. The number of carbonyl (C=O) groups excluding carboxylic acids is 1. The van der Waals surface area contributed by atoms with E-state index in [0.717, 1.165) is 9.87 Å². The maximum atomic E-state index is 13.5. The summed E-state index contributed by atoms with van der Waals surface area (Å²) in [6.07, 6.45) is -0.615. The van der Waals surface area contributed by atoms with Gasteiger partial charge >= 0.3 is 5.97 Å². The van der Waals surface area contributed by atoms with Crippen LogP contribution in [0.15, 0.2) is 53.4 Å². The third-order valence-electron chi connectivity index (χ3n) is 4.69. The average molecular weight is 424 g/mol. The second-order valence-electron chi connectivity index (χ2n) is 6.54. The molecule has 0 amide bonds. The Labute approximate surface area is 170 Å². The highest BCUT2D eigenvalue weighted by molar-refractivity contribution is 7.89. The predicted octanol–water partition coefficient (Wildman–Crippen LogP) is 3.80. The maximum Gasteiger partial charge on any atom is 0.324 e. The van der Waals surface area contributed by atoms with Gasteiger partial charge < -0.3 is 9.47 Å². The molecule has 28 heavy (non-hydrogen) atoms. The minimum atomic E-state index is -4.07. The number of hydrogen-bond acceptors (Lipinski definition) is 5. The van der Waals surface area contributed by atoms with Crippen LogP contribution < -0.4 is 4.74 Å². The van der Waals surface area contributed by atoms with Crippen molar-refractivity contribution in [1.29, 1.82) is 0 Å². The molecular weight excluding hydrogens is 402 g/mol. The number of rotatable bonds is 4. The number of hydrogen-bond donors (Lipinski definition) is 0. The fourth-order valence-corrected chi connectivity index (χ4v) is 5.56. The van der Waals surface area contributed by atoms with Gasteiger partial charge in [-0.25, -0.2) is 8.42 Å². The highest BCUT2D eigenvalue weighted by Crippen LogP contribution is 2.41. The molecule has 8 heteroatoms. The molecule has 1 heterocycles. The molecule has 0 radical (unpaired) electrons. The summed E-state index contributed by atoms with van der Waals surface area (Å²) in [7, 11) is -4.07. The number of ether oxygens (including phenoxy) is 2. The van der Waals surface area contributed by atoms with Gasteiger partial charge in [-0.05, 0) is 44.5 Å². The third kappa shape index (κ3) is 3.74. The van der Waals surface area contributed by atoms with E-state index in [-0.39, 0.29) is 22.3 Å². The topological polar surface area (TPSA) is 72.9 Å². The van der Waals surface area contributed by atoms with Crippen molar-refractivity contribution in [3.63, 3.8) is 0 Å². The highest BCUT2D eigenvalue weighted by Gasteiger charge is 2.45. The van der Waals surface area contributed by atoms with Crippen LogP contribution in [0, 0.1) is 0 Å². The highest BCUT2D eigenvalue weighted by atomic mass is 35.5. The first kappa shape index (κ1) is 20.6. The molecule has 0 N–H and O–H groups in total. The maximum absolute atomic E-state index is 13.5. The molecule has 3 rings (SSSR count). The molecule has 3 atom stereocenters. The van der Waals surface area contributed by atoms with Crippen molar-refractivity contribution in [2.45, 2.75) is 43.9 Å². The van der Waals surface area contributed by atoms with Crippen LogP contribution in [-0.2, 0) is 19.6 Å². The van der Waals surface area contributed by atoms with Crippen LogP contribution >= 0.6 is 11.6 Å². The quantitative estimate of drug-likeness (QED) is 0.699. The molecule has 2 aromatic rings. The summed E-state index contributed by atoms with van der Waals surface area (Å²) in [5, 5.41) is 0.264. The number of fused-ring (bicyclic) bond motifs is 1. The Morgan fingerprint density at radius 3 is 2.57 bits per heavy atom. The summed E-state index contributed by atoms with van der Waals surface area (Å²) in [6.45, 7) is 5.07. The fraction of sp³-hybridized carbons (Fsp3) is 0.350. The Morgan fingerprint density at radius 2 is 1.93 bits per heavy atom. The number of halogens is 1. The van der Waals surface area contributed by atoms with E-state index in [1.807, 2.05) is 30.3 Å². The Balaban J connectivity index is 2.19. The van der Waals surface area contributed by atoms with E-state index >= 15 is 0 Å². The molecule has 0 saturated heterocycles. The van der Waals surface area contributed by atoms with Crippen LogP contribution in [0.2, 0.25) is 5.02 Å². The van der Waals surface area contributed by atoms with E-state index in [1.54, 1.807) is 19.9 Å². The van der Waals surface area contributed by atoms with Crippen molar-refractivity contribution in [3.05, 3.63) is 59.1 Å². The van der Waals surface area contributed by atoms with Gasteiger partial charge in [0.2, 0.25) is 10.0 Å². The summed E-state index contributed by atoms with van der Waals surface area (Å²) in [5.41, 5.74) is 0.800. The van der Waals surface area contributed by atoms with Crippen molar-refractivity contribution in [1.82, 2.24) is 4.31 Å². The molecular formula is C20H22ClNO5S. The number of carbonyl (C=O) groups is 1. The summed E-state index contributed by atoms with van der Waals surface area (Å²) in [6, 6.07) is 12.1. The third-order valence-corrected chi connectivity index (χ3v) is 7.01. The minimum Gasteiger partial charge on any atom is -0.483 e. The van der Waals surface area contributed by atoms with Gasteiger partial charge in [0, 0.05) is 5.02 Å². The van der Waals surface area contributed by atoms with E-state index in [9.17, 15) is 13.2 Å². The second kappa shape index (κ2) is 8.11. The van der Waals surface area contributed by atoms with E-state index in [0.29, 0.717) is 0 Å². The van der Waals surface area contributed by atoms with Gasteiger partial charge in [0.15, 0.2) is 0 Å². The van der Waals surface area contributed by atoms with Crippen LogP contribution in [0.1, 0.15) is 32.4 Å². The number of benzene rings is 2. The molecule has 0 spiro atoms. The number of esters is 1. The normalized spacial score (nSPS) is 22.4.